The maximum Gasteiger partial charge on any atom is 0.123 e. The van der Waals surface area contributed by atoms with Crippen LogP contribution >= 0.6 is 0 Å². The zero-order valence-corrected chi connectivity index (χ0v) is 9.33. The first-order valence-corrected chi connectivity index (χ1v) is 5.39. The van der Waals surface area contributed by atoms with Gasteiger partial charge in [-0.15, -0.1) is 0 Å². The molecule has 0 bridgehead atoms. The maximum atomic E-state index is 12.7. The summed E-state index contributed by atoms with van der Waals surface area (Å²) in [5.41, 5.74) is 3.82. The number of halogens is 1. The highest BCUT2D eigenvalue weighted by Gasteiger charge is 2.12. The molecule has 0 aliphatic carbocycles. The van der Waals surface area contributed by atoms with Crippen LogP contribution in [0.25, 0.3) is 0 Å². The molecule has 0 spiro atoms. The quantitative estimate of drug-likeness (QED) is 0.579. The lowest BCUT2D eigenvalue weighted by atomic mass is 9.95. The SMILES string of the molecule is CCC(C)CC(NN)c1ccc(F)cc1. The lowest BCUT2D eigenvalue weighted by Crippen LogP contribution is -2.29. The van der Waals surface area contributed by atoms with Crippen LogP contribution in [0.1, 0.15) is 38.3 Å². The summed E-state index contributed by atoms with van der Waals surface area (Å²) in [6.07, 6.45) is 2.10. The van der Waals surface area contributed by atoms with Crippen LogP contribution in [-0.2, 0) is 0 Å². The molecule has 15 heavy (non-hydrogen) atoms. The van der Waals surface area contributed by atoms with E-state index in [1.165, 1.54) is 12.1 Å². The van der Waals surface area contributed by atoms with E-state index in [2.05, 4.69) is 19.3 Å². The van der Waals surface area contributed by atoms with Gasteiger partial charge in [0.2, 0.25) is 0 Å². The predicted octanol–water partition coefficient (Wildman–Crippen LogP) is 2.77. The Labute approximate surface area is 90.6 Å². The zero-order valence-electron chi connectivity index (χ0n) is 9.33. The summed E-state index contributed by atoms with van der Waals surface area (Å²) < 4.78 is 12.7. The largest absolute Gasteiger partial charge is 0.271 e. The summed E-state index contributed by atoms with van der Waals surface area (Å²) in [5, 5.41) is 0. The van der Waals surface area contributed by atoms with Crippen LogP contribution < -0.4 is 11.3 Å². The maximum absolute atomic E-state index is 12.7. The highest BCUT2D eigenvalue weighted by molar-refractivity contribution is 5.19. The molecule has 0 aliphatic rings. The summed E-state index contributed by atoms with van der Waals surface area (Å²) in [6, 6.07) is 6.61. The Morgan fingerprint density at radius 1 is 1.33 bits per heavy atom. The number of hydrogen-bond acceptors (Lipinski definition) is 2. The first-order chi connectivity index (χ1) is 7.17. The molecule has 1 aromatic rings. The molecule has 0 aliphatic heterocycles. The minimum absolute atomic E-state index is 0.112. The summed E-state index contributed by atoms with van der Waals surface area (Å²) in [6.45, 7) is 4.34. The van der Waals surface area contributed by atoms with Gasteiger partial charge in [0.15, 0.2) is 0 Å². The molecule has 0 amide bonds. The van der Waals surface area contributed by atoms with Crippen molar-refractivity contribution in [2.45, 2.75) is 32.7 Å². The van der Waals surface area contributed by atoms with Gasteiger partial charge >= 0.3 is 0 Å². The van der Waals surface area contributed by atoms with E-state index >= 15 is 0 Å². The van der Waals surface area contributed by atoms with E-state index in [0.29, 0.717) is 5.92 Å². The highest BCUT2D eigenvalue weighted by Crippen LogP contribution is 2.22. The van der Waals surface area contributed by atoms with Crippen molar-refractivity contribution in [3.63, 3.8) is 0 Å². The molecule has 0 heterocycles. The lowest BCUT2D eigenvalue weighted by molar-refractivity contribution is 0.407. The standard InChI is InChI=1S/C12H19FN2/c1-3-9(2)8-12(15-14)10-4-6-11(13)7-5-10/h4-7,9,12,15H,3,8,14H2,1-2H3. The Bertz CT molecular complexity index is 284. The third-order valence-electron chi connectivity index (χ3n) is 2.81. The van der Waals surface area contributed by atoms with Gasteiger partial charge < -0.3 is 0 Å². The van der Waals surface area contributed by atoms with Crippen LogP contribution in [0, 0.1) is 11.7 Å². The number of hydrazine groups is 1. The number of benzene rings is 1. The number of hydrogen-bond donors (Lipinski definition) is 2. The zero-order chi connectivity index (χ0) is 11.3. The van der Waals surface area contributed by atoms with Gasteiger partial charge in [0, 0.05) is 6.04 Å². The van der Waals surface area contributed by atoms with Crippen LogP contribution in [-0.4, -0.2) is 0 Å². The van der Waals surface area contributed by atoms with Crippen molar-refractivity contribution in [3.05, 3.63) is 35.6 Å². The molecule has 0 fully saturated rings. The second-order valence-corrected chi connectivity index (χ2v) is 4.02. The average molecular weight is 210 g/mol. The van der Waals surface area contributed by atoms with Gasteiger partial charge in [0.25, 0.3) is 0 Å². The lowest BCUT2D eigenvalue weighted by Gasteiger charge is -2.19. The number of rotatable bonds is 5. The van der Waals surface area contributed by atoms with E-state index in [-0.39, 0.29) is 11.9 Å². The van der Waals surface area contributed by atoms with E-state index in [1.807, 2.05) is 0 Å². The number of nitrogens with two attached hydrogens (primary N) is 1. The smallest absolute Gasteiger partial charge is 0.123 e. The first kappa shape index (κ1) is 12.1. The monoisotopic (exact) mass is 210 g/mol. The van der Waals surface area contributed by atoms with Crippen molar-refractivity contribution in [1.82, 2.24) is 5.43 Å². The highest BCUT2D eigenvalue weighted by atomic mass is 19.1. The Kier molecular flexibility index (Phi) is 4.72. The van der Waals surface area contributed by atoms with Crippen LogP contribution in [0.4, 0.5) is 4.39 Å². The second kappa shape index (κ2) is 5.83. The molecular formula is C12H19FN2. The van der Waals surface area contributed by atoms with Crippen molar-refractivity contribution >= 4 is 0 Å². The fourth-order valence-electron chi connectivity index (χ4n) is 1.56. The molecule has 2 nitrogen and oxygen atoms in total. The van der Waals surface area contributed by atoms with Crippen molar-refractivity contribution < 1.29 is 4.39 Å². The van der Waals surface area contributed by atoms with Crippen molar-refractivity contribution in [2.24, 2.45) is 11.8 Å². The van der Waals surface area contributed by atoms with Gasteiger partial charge in [-0.05, 0) is 30.0 Å². The molecule has 0 aromatic heterocycles. The Balaban J connectivity index is 2.69. The van der Waals surface area contributed by atoms with Crippen LogP contribution in [0.3, 0.4) is 0 Å². The first-order valence-electron chi connectivity index (χ1n) is 5.39. The molecule has 84 valence electrons. The fourth-order valence-corrected chi connectivity index (χ4v) is 1.56. The molecule has 2 atom stereocenters. The molecular weight excluding hydrogens is 191 g/mol. The van der Waals surface area contributed by atoms with Gasteiger partial charge in [-0.2, -0.15) is 0 Å². The third kappa shape index (κ3) is 3.61. The summed E-state index contributed by atoms with van der Waals surface area (Å²) in [4.78, 5) is 0. The minimum atomic E-state index is -0.210. The molecule has 1 aromatic carbocycles. The molecule has 0 saturated carbocycles. The normalized spacial score (nSPS) is 14.9. The van der Waals surface area contributed by atoms with Crippen LogP contribution in [0.2, 0.25) is 0 Å². The Morgan fingerprint density at radius 2 is 1.93 bits per heavy atom. The molecule has 1 rings (SSSR count). The summed E-state index contributed by atoms with van der Waals surface area (Å²) in [7, 11) is 0. The predicted molar refractivity (Wildman–Crippen MR) is 60.5 cm³/mol. The average Bonchev–Trinajstić information content (AvgIpc) is 2.27. The summed E-state index contributed by atoms with van der Waals surface area (Å²) >= 11 is 0. The van der Waals surface area contributed by atoms with Gasteiger partial charge in [-0.3, -0.25) is 11.3 Å². The van der Waals surface area contributed by atoms with E-state index in [1.54, 1.807) is 12.1 Å². The van der Waals surface area contributed by atoms with Gasteiger partial charge in [-0.25, -0.2) is 4.39 Å². The van der Waals surface area contributed by atoms with Crippen LogP contribution in [0.5, 0.6) is 0 Å². The third-order valence-corrected chi connectivity index (χ3v) is 2.81. The molecule has 3 heteroatoms. The molecule has 0 radical (unpaired) electrons. The Hall–Kier alpha value is -0.930. The van der Waals surface area contributed by atoms with E-state index in [4.69, 9.17) is 5.84 Å². The van der Waals surface area contributed by atoms with Crippen LogP contribution in [0.15, 0.2) is 24.3 Å². The van der Waals surface area contributed by atoms with Gasteiger partial charge in [-0.1, -0.05) is 32.4 Å². The van der Waals surface area contributed by atoms with Crippen molar-refractivity contribution in [3.8, 4) is 0 Å². The summed E-state index contributed by atoms with van der Waals surface area (Å²) in [5.74, 6) is 5.90. The number of nitrogens with one attached hydrogen (secondary N) is 1. The van der Waals surface area contributed by atoms with E-state index in [0.717, 1.165) is 18.4 Å². The topological polar surface area (TPSA) is 38.0 Å². The molecule has 0 saturated heterocycles. The van der Waals surface area contributed by atoms with E-state index in [9.17, 15) is 4.39 Å². The van der Waals surface area contributed by atoms with Gasteiger partial charge in [0.1, 0.15) is 5.82 Å². The second-order valence-electron chi connectivity index (χ2n) is 4.02. The molecule has 3 N–H and O–H groups in total. The fraction of sp³-hybridized carbons (Fsp3) is 0.500. The molecule has 2 unspecified atom stereocenters. The van der Waals surface area contributed by atoms with Crippen molar-refractivity contribution in [2.75, 3.05) is 0 Å². The minimum Gasteiger partial charge on any atom is -0.271 e. The Morgan fingerprint density at radius 3 is 2.40 bits per heavy atom. The van der Waals surface area contributed by atoms with Crippen molar-refractivity contribution in [1.29, 1.82) is 0 Å². The van der Waals surface area contributed by atoms with Gasteiger partial charge in [0.05, 0.1) is 0 Å². The van der Waals surface area contributed by atoms with E-state index < -0.39 is 0 Å².